The number of fused-ring (bicyclic) bond motifs is 4. The molecule has 0 amide bonds. The number of hydrogen-bond acceptors (Lipinski definition) is 3. The maximum Gasteiger partial charge on any atom is 0.456 e. The Balaban J connectivity index is 0.00000320. The highest BCUT2D eigenvalue weighted by atomic mass is 19.4. The third kappa shape index (κ3) is 3.39. The van der Waals surface area contributed by atoms with Gasteiger partial charge < -0.3 is 5.11 Å². The quantitative estimate of drug-likeness (QED) is 0.353. The molecule has 1 aromatic rings. The van der Waals surface area contributed by atoms with E-state index in [4.69, 9.17) is 0 Å². The number of hydrogen-bond donors (Lipinski definition) is 1. The van der Waals surface area contributed by atoms with Gasteiger partial charge in [-0.3, -0.25) is 9.59 Å². The van der Waals surface area contributed by atoms with E-state index in [0.717, 1.165) is 22.3 Å². The topological polar surface area (TPSA) is 54.4 Å². The average molecular weight is 511 g/mol. The first-order valence-corrected chi connectivity index (χ1v) is 12.5. The highest BCUT2D eigenvalue weighted by Gasteiger charge is 2.79. The van der Waals surface area contributed by atoms with Gasteiger partial charge >= 0.3 is 12.1 Å². The lowest BCUT2D eigenvalue weighted by Crippen LogP contribution is -2.65. The summed E-state index contributed by atoms with van der Waals surface area (Å²) in [6.45, 7) is 2.83. The molecule has 0 aliphatic heterocycles. The molecule has 4 aliphatic rings. The van der Waals surface area contributed by atoms with Crippen LogP contribution in [0.15, 0.2) is 47.1 Å². The van der Waals surface area contributed by atoms with Crippen LogP contribution in [0.3, 0.4) is 0 Å². The van der Waals surface area contributed by atoms with Crippen molar-refractivity contribution in [2.24, 2.45) is 17.3 Å². The summed E-state index contributed by atoms with van der Waals surface area (Å²) in [7, 11) is 0. The molecule has 0 bridgehead atoms. The lowest BCUT2D eigenvalue weighted by Gasteiger charge is -2.56. The van der Waals surface area contributed by atoms with Gasteiger partial charge in [0.25, 0.3) is 0 Å². The van der Waals surface area contributed by atoms with Gasteiger partial charge in [0.1, 0.15) is 5.60 Å². The molecule has 2 saturated carbocycles. The van der Waals surface area contributed by atoms with Crippen molar-refractivity contribution in [2.75, 3.05) is 0 Å². The molecule has 5 rings (SSSR count). The normalized spacial score (nSPS) is 34.6. The first-order chi connectivity index (χ1) is 16.7. The third-order valence-electron chi connectivity index (χ3n) is 9.48. The summed E-state index contributed by atoms with van der Waals surface area (Å²) >= 11 is 0. The molecule has 2 fully saturated rings. The van der Waals surface area contributed by atoms with E-state index in [0.29, 0.717) is 31.2 Å². The fourth-order valence-electron chi connectivity index (χ4n) is 7.66. The zero-order valence-electron chi connectivity index (χ0n) is 20.2. The third-order valence-corrected chi connectivity index (χ3v) is 9.48. The van der Waals surface area contributed by atoms with Crippen LogP contribution >= 0.6 is 0 Å². The molecular formula is C28H31F5O3. The van der Waals surface area contributed by atoms with Crippen LogP contribution in [0.25, 0.3) is 0 Å². The van der Waals surface area contributed by atoms with Gasteiger partial charge in [-0.15, -0.1) is 0 Å². The van der Waals surface area contributed by atoms with Crippen molar-refractivity contribution < 1.29 is 38.1 Å². The summed E-state index contributed by atoms with van der Waals surface area (Å²) in [4.78, 5) is 23.9. The van der Waals surface area contributed by atoms with Crippen molar-refractivity contribution in [3.8, 4) is 0 Å². The van der Waals surface area contributed by atoms with E-state index in [-0.39, 0.29) is 31.8 Å². The van der Waals surface area contributed by atoms with Gasteiger partial charge in [0.2, 0.25) is 0 Å². The molecule has 3 nitrogen and oxygen atoms in total. The molecule has 0 unspecified atom stereocenters. The van der Waals surface area contributed by atoms with E-state index in [9.17, 15) is 36.6 Å². The number of aliphatic hydroxyl groups is 1. The number of carbonyl (C=O) groups excluding carboxylic acids is 2. The molecule has 0 aromatic heterocycles. The molecular weight excluding hydrogens is 479 g/mol. The van der Waals surface area contributed by atoms with Crippen LogP contribution in [-0.2, 0) is 4.79 Å². The zero-order valence-corrected chi connectivity index (χ0v) is 20.2. The Hall–Kier alpha value is -2.35. The van der Waals surface area contributed by atoms with Gasteiger partial charge in [-0.05, 0) is 80.1 Å². The summed E-state index contributed by atoms with van der Waals surface area (Å²) in [5.41, 5.74) is -0.758. The second-order valence-corrected chi connectivity index (χ2v) is 11.1. The van der Waals surface area contributed by atoms with Crippen molar-refractivity contribution in [1.29, 1.82) is 0 Å². The summed E-state index contributed by atoms with van der Waals surface area (Å²) in [5.74, 6) is -6.66. The Labute approximate surface area is 207 Å². The van der Waals surface area contributed by atoms with E-state index in [1.54, 1.807) is 30.3 Å². The molecule has 0 saturated heterocycles. The van der Waals surface area contributed by atoms with E-state index in [1.807, 2.05) is 0 Å². The second kappa shape index (κ2) is 8.07. The summed E-state index contributed by atoms with van der Waals surface area (Å²) in [6.07, 6.45) is -2.90. The number of allylic oxidation sites excluding steroid dienone is 4. The van der Waals surface area contributed by atoms with Gasteiger partial charge in [-0.2, -0.15) is 22.0 Å². The Bertz CT molecular complexity index is 1190. The van der Waals surface area contributed by atoms with Crippen LogP contribution in [-0.4, -0.2) is 34.4 Å². The first kappa shape index (κ1) is 25.3. The summed E-state index contributed by atoms with van der Waals surface area (Å²) in [6, 6.07) is 6.75. The minimum Gasteiger partial charge on any atom is -0.383 e. The van der Waals surface area contributed by atoms with Gasteiger partial charge in [0.05, 0.1) is 0 Å². The molecule has 5 atom stereocenters. The van der Waals surface area contributed by atoms with Gasteiger partial charge in [0.15, 0.2) is 11.6 Å². The molecule has 0 radical (unpaired) electrons. The number of halogens is 5. The van der Waals surface area contributed by atoms with E-state index >= 15 is 0 Å². The minimum absolute atomic E-state index is 0. The monoisotopic (exact) mass is 510 g/mol. The molecule has 1 aromatic carbocycles. The minimum atomic E-state index is -5.87. The van der Waals surface area contributed by atoms with E-state index in [2.05, 4.69) is 0 Å². The predicted molar refractivity (Wildman–Crippen MR) is 125 cm³/mol. The smallest absolute Gasteiger partial charge is 0.383 e. The van der Waals surface area contributed by atoms with E-state index < -0.39 is 41.4 Å². The SMILES string of the molecule is CC(=O)c1ccc([C@H]2C[C@@]3(C)[C@@H](CC[C@@]3(O)C(F)(F)C(F)(F)F)[C@@H]3CCC4=CC(=O)CCC4=C32)cc1.[HH]. The number of alkyl halides is 5. The molecule has 1 N–H and O–H groups in total. The van der Waals surface area contributed by atoms with Crippen molar-refractivity contribution >= 4 is 11.6 Å². The lowest BCUT2D eigenvalue weighted by molar-refractivity contribution is -0.362. The Morgan fingerprint density at radius 3 is 2.33 bits per heavy atom. The lowest BCUT2D eigenvalue weighted by atomic mass is 9.50. The van der Waals surface area contributed by atoms with Crippen molar-refractivity contribution in [1.82, 2.24) is 0 Å². The molecule has 196 valence electrons. The maximum absolute atomic E-state index is 15.0. The molecule has 36 heavy (non-hydrogen) atoms. The fraction of sp³-hybridized carbons (Fsp3) is 0.571. The number of benzene rings is 1. The highest BCUT2D eigenvalue weighted by molar-refractivity contribution is 5.94. The zero-order chi connectivity index (χ0) is 26.3. The molecule has 0 spiro atoms. The predicted octanol–water partition coefficient (Wildman–Crippen LogP) is 6.96. The fourth-order valence-corrected chi connectivity index (χ4v) is 7.66. The number of ketones is 2. The largest absolute Gasteiger partial charge is 0.456 e. The Morgan fingerprint density at radius 1 is 1.06 bits per heavy atom. The number of Topliss-reactive ketones (excluding diaryl/α,β-unsaturated/α-hetero) is 1. The Morgan fingerprint density at radius 2 is 1.72 bits per heavy atom. The van der Waals surface area contributed by atoms with Crippen molar-refractivity contribution in [3.05, 3.63) is 58.2 Å². The highest BCUT2D eigenvalue weighted by Crippen LogP contribution is 2.70. The van der Waals surface area contributed by atoms with Gasteiger partial charge in [0, 0.05) is 24.7 Å². The average Bonchev–Trinajstić information content (AvgIpc) is 3.09. The maximum atomic E-state index is 15.0. The van der Waals surface area contributed by atoms with Crippen LogP contribution in [0.2, 0.25) is 0 Å². The Kier molecular flexibility index (Phi) is 5.67. The van der Waals surface area contributed by atoms with E-state index in [1.165, 1.54) is 13.8 Å². The van der Waals surface area contributed by atoms with Crippen molar-refractivity contribution in [3.63, 3.8) is 0 Å². The second-order valence-electron chi connectivity index (χ2n) is 11.1. The standard InChI is InChI=1S/C28H29F5O3.H2/c1-15(34)16-3-5-17(6-4-16)22-14-25(2)23(11-12-26(25,36)27(29,30)28(31,32)33)21-9-7-18-13-19(35)8-10-20(18)24(21)22;/h3-6,13,21-23,36H,7-12,14H2,1-2H3;1H/t21-,22+,23-,25-,26-;/m0./s1. The number of carbonyl (C=O) groups is 2. The van der Waals surface area contributed by atoms with Gasteiger partial charge in [-0.25, -0.2) is 0 Å². The van der Waals surface area contributed by atoms with Gasteiger partial charge in [-0.1, -0.05) is 36.8 Å². The van der Waals surface area contributed by atoms with Crippen LogP contribution < -0.4 is 0 Å². The molecule has 8 heteroatoms. The molecule has 0 heterocycles. The number of rotatable bonds is 3. The van der Waals surface area contributed by atoms with Crippen molar-refractivity contribution in [2.45, 2.75) is 82.4 Å². The van der Waals surface area contributed by atoms with Crippen LogP contribution in [0.5, 0.6) is 0 Å². The summed E-state index contributed by atoms with van der Waals surface area (Å²) < 4.78 is 70.7. The van der Waals surface area contributed by atoms with Crippen LogP contribution in [0, 0.1) is 17.3 Å². The first-order valence-electron chi connectivity index (χ1n) is 12.5. The summed E-state index contributed by atoms with van der Waals surface area (Å²) in [5, 5.41) is 11.3. The van der Waals surface area contributed by atoms with Crippen LogP contribution in [0.4, 0.5) is 22.0 Å². The van der Waals surface area contributed by atoms with Crippen LogP contribution in [0.1, 0.15) is 82.1 Å². The molecule has 4 aliphatic carbocycles.